The van der Waals surface area contributed by atoms with Crippen LogP contribution in [0.4, 0.5) is 0 Å². The van der Waals surface area contributed by atoms with Crippen LogP contribution in [0.2, 0.25) is 0 Å². The quantitative estimate of drug-likeness (QED) is 0.507. The van der Waals surface area contributed by atoms with Gasteiger partial charge >= 0.3 is 0 Å². The molecule has 6 nitrogen and oxygen atoms in total. The van der Waals surface area contributed by atoms with Crippen molar-refractivity contribution in [1.29, 1.82) is 0 Å². The summed E-state index contributed by atoms with van der Waals surface area (Å²) in [6.45, 7) is 0. The zero-order valence-electron chi connectivity index (χ0n) is 7.70. The molecule has 4 atom stereocenters. The van der Waals surface area contributed by atoms with Gasteiger partial charge in [0.1, 0.15) is 22.0 Å². The van der Waals surface area contributed by atoms with Gasteiger partial charge in [0.25, 0.3) is 0 Å². The normalized spacial score (nSPS) is 38.9. The van der Waals surface area contributed by atoms with E-state index in [1.807, 2.05) is 0 Å². The molecule has 0 aromatic heterocycles. The summed E-state index contributed by atoms with van der Waals surface area (Å²) in [4.78, 5) is 0. The van der Waals surface area contributed by atoms with Crippen LogP contribution in [-0.4, -0.2) is 60.3 Å². The number of ether oxygens (including phenoxy) is 1. The highest BCUT2D eigenvalue weighted by Crippen LogP contribution is 2.22. The summed E-state index contributed by atoms with van der Waals surface area (Å²) in [5.74, 6) is -0.145. The van der Waals surface area contributed by atoms with E-state index in [1.54, 1.807) is 0 Å². The average Bonchev–Trinajstić information content (AvgIpc) is 2.28. The number of aliphatic hydroxyl groups is 3. The Labute approximate surface area is 82.0 Å². The van der Waals surface area contributed by atoms with E-state index < -0.39 is 34.4 Å². The zero-order chi connectivity index (χ0) is 10.9. The predicted octanol–water partition coefficient (Wildman–Crippen LogP) is -2.14. The molecule has 0 saturated carbocycles. The van der Waals surface area contributed by atoms with Crippen molar-refractivity contribution in [2.45, 2.75) is 31.0 Å². The first-order valence-electron chi connectivity index (χ1n) is 4.18. The Morgan fingerprint density at radius 1 is 1.21 bits per heavy atom. The molecule has 0 spiro atoms. The Hall–Kier alpha value is -0.210. The molecular formula is C7H14O6S. The molecule has 1 heterocycles. The summed E-state index contributed by atoms with van der Waals surface area (Å²) in [6, 6.07) is 0. The van der Waals surface area contributed by atoms with Crippen molar-refractivity contribution in [3.8, 4) is 0 Å². The number of hydrogen-bond donors (Lipinski definition) is 3. The molecule has 3 N–H and O–H groups in total. The first-order chi connectivity index (χ1) is 6.31. The van der Waals surface area contributed by atoms with Crippen molar-refractivity contribution < 1.29 is 28.5 Å². The van der Waals surface area contributed by atoms with Gasteiger partial charge in [-0.15, -0.1) is 0 Å². The zero-order valence-corrected chi connectivity index (χ0v) is 8.51. The summed E-state index contributed by atoms with van der Waals surface area (Å²) in [5.41, 5.74) is 0. The molecule has 0 amide bonds. The minimum Gasteiger partial charge on any atom is -0.387 e. The van der Waals surface area contributed by atoms with Crippen LogP contribution in [0.25, 0.3) is 0 Å². The fourth-order valence-electron chi connectivity index (χ4n) is 1.30. The van der Waals surface area contributed by atoms with Crippen LogP contribution >= 0.6 is 0 Å². The van der Waals surface area contributed by atoms with E-state index in [2.05, 4.69) is 0 Å². The Morgan fingerprint density at radius 2 is 1.79 bits per heavy atom. The van der Waals surface area contributed by atoms with Crippen LogP contribution in [0.5, 0.6) is 0 Å². The molecule has 7 heteroatoms. The van der Waals surface area contributed by atoms with Gasteiger partial charge in [0.05, 0.1) is 11.9 Å². The van der Waals surface area contributed by atoms with E-state index in [1.165, 1.54) is 0 Å². The highest BCUT2D eigenvalue weighted by Gasteiger charge is 2.41. The molecule has 1 saturated heterocycles. The third-order valence-corrected chi connectivity index (χ3v) is 3.09. The van der Waals surface area contributed by atoms with Crippen LogP contribution in [0.1, 0.15) is 6.42 Å². The predicted molar refractivity (Wildman–Crippen MR) is 47.2 cm³/mol. The first-order valence-corrected chi connectivity index (χ1v) is 6.25. The Bertz CT molecular complexity index is 287. The molecule has 0 unspecified atom stereocenters. The molecule has 0 aromatic rings. The number of rotatable bonds is 3. The number of hydrogen-bond acceptors (Lipinski definition) is 6. The van der Waals surface area contributed by atoms with Gasteiger partial charge in [0, 0.05) is 6.26 Å². The van der Waals surface area contributed by atoms with Gasteiger partial charge in [-0.3, -0.25) is 0 Å². The van der Waals surface area contributed by atoms with Gasteiger partial charge < -0.3 is 20.1 Å². The van der Waals surface area contributed by atoms with Gasteiger partial charge in [0.15, 0.2) is 6.29 Å². The largest absolute Gasteiger partial charge is 0.387 e. The molecule has 1 fully saturated rings. The molecule has 0 aliphatic carbocycles. The first kappa shape index (κ1) is 11.9. The van der Waals surface area contributed by atoms with Gasteiger partial charge in [0.2, 0.25) is 0 Å². The molecule has 1 aliphatic rings. The topological polar surface area (TPSA) is 104 Å². The Kier molecular flexibility index (Phi) is 3.49. The maximum Gasteiger partial charge on any atom is 0.183 e. The number of aliphatic hydroxyl groups excluding tert-OH is 3. The SMILES string of the molecule is CS(=O)(=O)CC[C@H]1O[C@@H](O)[C@H](O)[C@@H]1O. The lowest BCUT2D eigenvalue weighted by atomic mass is 10.1. The fraction of sp³-hybridized carbons (Fsp3) is 1.00. The molecule has 84 valence electrons. The maximum absolute atomic E-state index is 10.8. The lowest BCUT2D eigenvalue weighted by molar-refractivity contribution is -0.127. The van der Waals surface area contributed by atoms with Crippen molar-refractivity contribution in [2.75, 3.05) is 12.0 Å². The lowest BCUT2D eigenvalue weighted by Crippen LogP contribution is -2.33. The molecule has 1 rings (SSSR count). The minimum absolute atomic E-state index is 0.0636. The smallest absolute Gasteiger partial charge is 0.183 e. The number of sulfone groups is 1. The monoisotopic (exact) mass is 226 g/mol. The van der Waals surface area contributed by atoms with Gasteiger partial charge in [-0.2, -0.15) is 0 Å². The second-order valence-electron chi connectivity index (χ2n) is 3.46. The summed E-state index contributed by atoms with van der Waals surface area (Å²) < 4.78 is 26.4. The summed E-state index contributed by atoms with van der Waals surface area (Å²) in [5, 5.41) is 27.4. The molecular weight excluding hydrogens is 212 g/mol. The fourth-order valence-corrected chi connectivity index (χ4v) is 1.96. The minimum atomic E-state index is -3.12. The second kappa shape index (κ2) is 4.11. The van der Waals surface area contributed by atoms with Crippen molar-refractivity contribution >= 4 is 9.84 Å². The van der Waals surface area contributed by atoms with Crippen LogP contribution < -0.4 is 0 Å². The highest BCUT2D eigenvalue weighted by molar-refractivity contribution is 7.90. The van der Waals surface area contributed by atoms with Gasteiger partial charge in [-0.1, -0.05) is 0 Å². The Balaban J connectivity index is 2.48. The standard InChI is InChI=1S/C7H14O6S/c1-14(11,12)3-2-4-5(8)6(9)7(10)13-4/h4-10H,2-3H2,1H3/t4-,5-,6-,7-/m1/s1. The van der Waals surface area contributed by atoms with E-state index in [0.717, 1.165) is 6.26 Å². The molecule has 0 bridgehead atoms. The van der Waals surface area contributed by atoms with Crippen molar-refractivity contribution in [3.05, 3.63) is 0 Å². The third-order valence-electron chi connectivity index (χ3n) is 2.11. The van der Waals surface area contributed by atoms with Crippen LogP contribution in [0.15, 0.2) is 0 Å². The molecule has 1 aliphatic heterocycles. The van der Waals surface area contributed by atoms with Gasteiger partial charge in [-0.25, -0.2) is 8.42 Å². The van der Waals surface area contributed by atoms with Crippen LogP contribution in [0.3, 0.4) is 0 Å². The molecule has 0 aromatic carbocycles. The van der Waals surface area contributed by atoms with Crippen molar-refractivity contribution in [3.63, 3.8) is 0 Å². The van der Waals surface area contributed by atoms with Crippen LogP contribution in [-0.2, 0) is 14.6 Å². The van der Waals surface area contributed by atoms with Gasteiger partial charge in [-0.05, 0) is 6.42 Å². The molecule has 14 heavy (non-hydrogen) atoms. The van der Waals surface area contributed by atoms with E-state index in [0.29, 0.717) is 0 Å². The van der Waals surface area contributed by atoms with E-state index in [-0.39, 0.29) is 12.2 Å². The van der Waals surface area contributed by atoms with E-state index in [4.69, 9.17) is 14.9 Å². The van der Waals surface area contributed by atoms with Crippen molar-refractivity contribution in [1.82, 2.24) is 0 Å². The van der Waals surface area contributed by atoms with Crippen LogP contribution in [0, 0.1) is 0 Å². The molecule has 0 radical (unpaired) electrons. The summed E-state index contributed by atoms with van der Waals surface area (Å²) in [7, 11) is -3.12. The summed E-state index contributed by atoms with van der Waals surface area (Å²) >= 11 is 0. The average molecular weight is 226 g/mol. The maximum atomic E-state index is 10.8. The highest BCUT2D eigenvalue weighted by atomic mass is 32.2. The summed E-state index contributed by atoms with van der Waals surface area (Å²) in [6.07, 6.45) is -3.72. The third kappa shape index (κ3) is 2.89. The Morgan fingerprint density at radius 3 is 2.14 bits per heavy atom. The van der Waals surface area contributed by atoms with E-state index in [9.17, 15) is 13.5 Å². The van der Waals surface area contributed by atoms with E-state index >= 15 is 0 Å². The van der Waals surface area contributed by atoms with Crippen molar-refractivity contribution in [2.24, 2.45) is 0 Å². The lowest BCUT2D eigenvalue weighted by Gasteiger charge is -2.12. The second-order valence-corrected chi connectivity index (χ2v) is 5.72.